The molecule has 1 aromatic rings. The molecule has 0 atom stereocenters. The van der Waals surface area contributed by atoms with Gasteiger partial charge in [0.25, 0.3) is 0 Å². The van der Waals surface area contributed by atoms with Crippen molar-refractivity contribution in [3.8, 4) is 0 Å². The number of benzene rings is 1. The van der Waals surface area contributed by atoms with Crippen LogP contribution in [0.5, 0.6) is 0 Å². The highest BCUT2D eigenvalue weighted by Gasteiger charge is 2.18. The van der Waals surface area contributed by atoms with Gasteiger partial charge in [-0.15, -0.1) is 0 Å². The Kier molecular flexibility index (Phi) is 5.46. The van der Waals surface area contributed by atoms with Gasteiger partial charge in [0, 0.05) is 23.0 Å². The Hall–Kier alpha value is -0.805. The maximum Gasteiger partial charge on any atom is 0.338 e. The number of hydrogen-bond acceptors (Lipinski definition) is 4. The maximum absolute atomic E-state index is 12.0. The van der Waals surface area contributed by atoms with Gasteiger partial charge in [0.15, 0.2) is 0 Å². The van der Waals surface area contributed by atoms with Crippen LogP contribution >= 0.6 is 23.5 Å². The summed E-state index contributed by atoms with van der Waals surface area (Å²) in [6, 6.07) is 6.82. The number of ether oxygens (including phenoxy) is 1. The van der Waals surface area contributed by atoms with Gasteiger partial charge in [-0.3, -0.25) is 0 Å². The maximum atomic E-state index is 12.0. The van der Waals surface area contributed by atoms with E-state index < -0.39 is 0 Å². The summed E-state index contributed by atoms with van der Waals surface area (Å²) in [5.74, 6) is 3.27. The second-order valence-corrected chi connectivity index (χ2v) is 6.49. The van der Waals surface area contributed by atoms with Crippen LogP contribution in [0.1, 0.15) is 10.4 Å². The molecule has 1 aromatic carbocycles. The molecule has 2 nitrogen and oxygen atoms in total. The summed E-state index contributed by atoms with van der Waals surface area (Å²) in [5, 5.41) is 0. The van der Waals surface area contributed by atoms with Crippen molar-refractivity contribution in [2.75, 3.05) is 23.0 Å². The number of esters is 1. The summed E-state index contributed by atoms with van der Waals surface area (Å²) < 4.78 is 5.54. The monoisotopic (exact) mass is 290 g/mol. The van der Waals surface area contributed by atoms with Crippen molar-refractivity contribution in [3.63, 3.8) is 0 Å². The normalized spacial score (nSPS) is 17.6. The van der Waals surface area contributed by atoms with Gasteiger partial charge >= 0.3 is 5.97 Å². The molecule has 98 valence electrons. The Labute approximate surface area is 123 Å². The zero-order valence-electron chi connectivity index (χ0n) is 10.6. The molecule has 0 spiro atoms. The third-order valence-corrected chi connectivity index (χ3v) is 5.08. The molecule has 0 aromatic heterocycles. The van der Waals surface area contributed by atoms with Crippen LogP contribution in [-0.2, 0) is 4.74 Å². The number of carbonyl (C=O) groups is 1. The van der Waals surface area contributed by atoms with Crippen molar-refractivity contribution in [2.24, 2.45) is 0 Å². The second kappa shape index (κ2) is 7.10. The first-order chi connectivity index (χ1) is 9.15. The SMILES string of the molecule is [B]c1ccc(C(=O)OC2CSCC(=C)CSC2)cc1. The Morgan fingerprint density at radius 1 is 1.21 bits per heavy atom. The number of rotatable bonds is 2. The summed E-state index contributed by atoms with van der Waals surface area (Å²) in [4.78, 5) is 12.0. The second-order valence-electron chi connectivity index (χ2n) is 4.43. The van der Waals surface area contributed by atoms with E-state index >= 15 is 0 Å². The van der Waals surface area contributed by atoms with Crippen LogP contribution in [0.15, 0.2) is 36.4 Å². The van der Waals surface area contributed by atoms with E-state index in [1.165, 1.54) is 5.57 Å². The lowest BCUT2D eigenvalue weighted by Crippen LogP contribution is -2.25. The van der Waals surface area contributed by atoms with Gasteiger partial charge in [-0.1, -0.05) is 29.7 Å². The van der Waals surface area contributed by atoms with Crippen molar-refractivity contribution < 1.29 is 9.53 Å². The fourth-order valence-electron chi connectivity index (χ4n) is 1.67. The van der Waals surface area contributed by atoms with Gasteiger partial charge in [0.1, 0.15) is 14.0 Å². The molecule has 0 saturated carbocycles. The topological polar surface area (TPSA) is 26.3 Å². The van der Waals surface area contributed by atoms with Crippen molar-refractivity contribution in [3.05, 3.63) is 42.0 Å². The lowest BCUT2D eigenvalue weighted by Gasteiger charge is -2.20. The van der Waals surface area contributed by atoms with Crippen LogP contribution in [0.4, 0.5) is 0 Å². The Morgan fingerprint density at radius 2 is 1.79 bits per heavy atom. The third kappa shape index (κ3) is 4.66. The molecule has 0 amide bonds. The van der Waals surface area contributed by atoms with Crippen LogP contribution < -0.4 is 5.46 Å². The van der Waals surface area contributed by atoms with Crippen LogP contribution in [0.25, 0.3) is 0 Å². The highest BCUT2D eigenvalue weighted by molar-refractivity contribution is 8.01. The van der Waals surface area contributed by atoms with Crippen LogP contribution in [-0.4, -0.2) is 42.9 Å². The molecule has 0 bridgehead atoms. The molecule has 1 saturated heterocycles. The first-order valence-corrected chi connectivity index (χ1v) is 8.35. The van der Waals surface area contributed by atoms with E-state index in [9.17, 15) is 4.79 Å². The fraction of sp³-hybridized carbons (Fsp3) is 0.357. The number of hydrogen-bond donors (Lipinski definition) is 0. The summed E-state index contributed by atoms with van der Waals surface area (Å²) in [6.07, 6.45) is -0.0341. The van der Waals surface area contributed by atoms with E-state index in [0.717, 1.165) is 23.0 Å². The van der Waals surface area contributed by atoms with E-state index in [4.69, 9.17) is 12.6 Å². The molecule has 1 aliphatic heterocycles. The summed E-state index contributed by atoms with van der Waals surface area (Å²) in [5.41, 5.74) is 2.45. The Balaban J connectivity index is 1.90. The van der Waals surface area contributed by atoms with E-state index in [1.54, 1.807) is 47.8 Å². The predicted molar refractivity (Wildman–Crippen MR) is 84.8 cm³/mol. The van der Waals surface area contributed by atoms with Gasteiger partial charge in [-0.2, -0.15) is 23.5 Å². The summed E-state index contributed by atoms with van der Waals surface area (Å²) >= 11 is 3.55. The highest BCUT2D eigenvalue weighted by Crippen LogP contribution is 2.21. The molecular weight excluding hydrogens is 275 g/mol. The van der Waals surface area contributed by atoms with Crippen molar-refractivity contribution in [1.82, 2.24) is 0 Å². The number of carbonyl (C=O) groups excluding carboxylic acids is 1. The fourth-order valence-corrected chi connectivity index (χ4v) is 3.86. The van der Waals surface area contributed by atoms with Gasteiger partial charge in [-0.05, 0) is 12.1 Å². The minimum atomic E-state index is -0.273. The van der Waals surface area contributed by atoms with Gasteiger partial charge in [-0.25, -0.2) is 4.79 Å². The predicted octanol–water partition coefficient (Wildman–Crippen LogP) is 2.04. The molecule has 1 heterocycles. The van der Waals surface area contributed by atoms with Gasteiger partial charge < -0.3 is 4.74 Å². The molecule has 1 aliphatic rings. The molecule has 0 unspecified atom stereocenters. The first-order valence-electron chi connectivity index (χ1n) is 6.04. The minimum absolute atomic E-state index is 0.0341. The molecule has 2 rings (SSSR count). The average Bonchev–Trinajstić information content (AvgIpc) is 2.36. The van der Waals surface area contributed by atoms with Crippen molar-refractivity contribution in [2.45, 2.75) is 6.10 Å². The standard InChI is InChI=1S/C14H15BO2S2/c1-10-6-18-8-13(9-19-7-10)17-14(16)11-2-4-12(15)5-3-11/h2-5,13H,1,6-9H2. The Bertz CT molecular complexity index is 447. The quantitative estimate of drug-likeness (QED) is 0.473. The van der Waals surface area contributed by atoms with E-state index in [0.29, 0.717) is 11.0 Å². The summed E-state index contributed by atoms with van der Waals surface area (Å²) in [7, 11) is 5.60. The van der Waals surface area contributed by atoms with Crippen molar-refractivity contribution >= 4 is 42.8 Å². The molecule has 5 heteroatoms. The van der Waals surface area contributed by atoms with Crippen LogP contribution in [0, 0.1) is 0 Å². The van der Waals surface area contributed by atoms with Gasteiger partial charge in [0.2, 0.25) is 0 Å². The molecule has 0 aliphatic carbocycles. The smallest absolute Gasteiger partial charge is 0.338 e. The molecule has 1 fully saturated rings. The van der Waals surface area contributed by atoms with Crippen LogP contribution in [0.3, 0.4) is 0 Å². The van der Waals surface area contributed by atoms with E-state index in [-0.39, 0.29) is 12.1 Å². The lowest BCUT2D eigenvalue weighted by molar-refractivity contribution is 0.0394. The number of thioether (sulfide) groups is 2. The third-order valence-electron chi connectivity index (χ3n) is 2.64. The molecule has 19 heavy (non-hydrogen) atoms. The van der Waals surface area contributed by atoms with E-state index in [1.807, 2.05) is 0 Å². The zero-order chi connectivity index (χ0) is 13.7. The van der Waals surface area contributed by atoms with E-state index in [2.05, 4.69) is 6.58 Å². The highest BCUT2D eigenvalue weighted by atomic mass is 32.2. The summed E-state index contributed by atoms with van der Waals surface area (Å²) in [6.45, 7) is 4.00. The molecule has 2 radical (unpaired) electrons. The lowest BCUT2D eigenvalue weighted by atomic mass is 9.95. The minimum Gasteiger partial charge on any atom is -0.457 e. The van der Waals surface area contributed by atoms with Gasteiger partial charge in [0.05, 0.1) is 5.56 Å². The van der Waals surface area contributed by atoms with Crippen molar-refractivity contribution in [1.29, 1.82) is 0 Å². The molecular formula is C14H15BO2S2. The Morgan fingerprint density at radius 3 is 2.37 bits per heavy atom. The largest absolute Gasteiger partial charge is 0.457 e. The van der Waals surface area contributed by atoms with Crippen LogP contribution in [0.2, 0.25) is 0 Å². The zero-order valence-corrected chi connectivity index (χ0v) is 12.3. The average molecular weight is 290 g/mol. The first kappa shape index (κ1) is 14.6. The molecule has 0 N–H and O–H groups in total.